The molecular weight excluding hydrogens is 318 g/mol. The average Bonchev–Trinajstić information content (AvgIpc) is 2.54. The quantitative estimate of drug-likeness (QED) is 0.824. The summed E-state index contributed by atoms with van der Waals surface area (Å²) in [4.78, 5) is 25.7. The molecule has 1 rings (SSSR count). The van der Waals surface area contributed by atoms with Crippen molar-refractivity contribution in [2.45, 2.75) is 51.7 Å². The Hall–Kier alpha value is -2.55. The first-order valence-electron chi connectivity index (χ1n) is 8.35. The number of amides is 2. The molecule has 136 valence electrons. The number of ether oxygens (including phenoxy) is 1. The van der Waals surface area contributed by atoms with Crippen LogP contribution in [0.3, 0.4) is 0 Å². The second kappa shape index (κ2) is 9.07. The van der Waals surface area contributed by atoms with E-state index in [9.17, 15) is 9.59 Å². The monoisotopic (exact) mass is 345 g/mol. The van der Waals surface area contributed by atoms with Crippen LogP contribution in [0.15, 0.2) is 24.3 Å². The van der Waals surface area contributed by atoms with E-state index in [0.717, 1.165) is 5.56 Å². The van der Waals surface area contributed by atoms with Gasteiger partial charge in [-0.25, -0.2) is 4.79 Å². The summed E-state index contributed by atoms with van der Waals surface area (Å²) >= 11 is 0. The summed E-state index contributed by atoms with van der Waals surface area (Å²) < 4.78 is 5.42. The van der Waals surface area contributed by atoms with E-state index < -0.39 is 11.7 Å². The van der Waals surface area contributed by atoms with E-state index in [-0.39, 0.29) is 18.4 Å². The molecule has 0 saturated heterocycles. The molecule has 6 heteroatoms. The van der Waals surface area contributed by atoms with Crippen LogP contribution < -0.4 is 5.32 Å². The smallest absolute Gasteiger partial charge is 0.407 e. The summed E-state index contributed by atoms with van der Waals surface area (Å²) in [7, 11) is 3.36. The molecule has 1 aromatic carbocycles. The van der Waals surface area contributed by atoms with Crippen molar-refractivity contribution >= 4 is 12.0 Å². The Bertz CT molecular complexity index is 630. The van der Waals surface area contributed by atoms with E-state index in [1.165, 1.54) is 4.90 Å². The second-order valence-corrected chi connectivity index (χ2v) is 6.85. The van der Waals surface area contributed by atoms with Gasteiger partial charge in [0, 0.05) is 26.6 Å². The Morgan fingerprint density at radius 3 is 2.36 bits per heavy atom. The minimum Gasteiger partial charge on any atom is -0.444 e. The molecule has 0 saturated carbocycles. The Balaban J connectivity index is 2.82. The molecule has 0 aromatic heterocycles. The summed E-state index contributed by atoms with van der Waals surface area (Å²) in [5.74, 6) is -0.0753. The third-order valence-electron chi connectivity index (χ3n) is 4.03. The van der Waals surface area contributed by atoms with Crippen molar-refractivity contribution in [2.24, 2.45) is 0 Å². The number of hydrogen-bond donors (Lipinski definition) is 1. The van der Waals surface area contributed by atoms with Gasteiger partial charge in [0.15, 0.2) is 0 Å². The van der Waals surface area contributed by atoms with Crippen LogP contribution in [-0.2, 0) is 16.0 Å². The first kappa shape index (κ1) is 20.5. The molecule has 0 bridgehead atoms. The molecule has 0 radical (unpaired) electrons. The van der Waals surface area contributed by atoms with Crippen LogP contribution in [0.1, 0.15) is 44.7 Å². The number of alkyl carbamates (subject to hydrolysis) is 1. The SMILES string of the molecule is CCC(C)(C)OC(=O)N[C@@H](CC(=O)N(C)C)Cc1ccc(C#N)cc1. The molecule has 1 aromatic rings. The van der Waals surface area contributed by atoms with Gasteiger partial charge in [0.1, 0.15) is 5.60 Å². The molecule has 1 N–H and O–H groups in total. The summed E-state index contributed by atoms with van der Waals surface area (Å²) in [6.45, 7) is 5.62. The van der Waals surface area contributed by atoms with Gasteiger partial charge in [0.2, 0.25) is 5.91 Å². The average molecular weight is 345 g/mol. The standard InChI is InChI=1S/C19H27N3O3/c1-6-19(2,3)25-18(24)21-16(12-17(23)22(4)5)11-14-7-9-15(13-20)10-8-14/h7-10,16H,6,11-12H2,1-5H3,(H,21,24)/t16-/m1/s1. The van der Waals surface area contributed by atoms with E-state index in [1.54, 1.807) is 26.2 Å². The van der Waals surface area contributed by atoms with Gasteiger partial charge in [0.05, 0.1) is 11.6 Å². The van der Waals surface area contributed by atoms with Crippen molar-refractivity contribution in [3.05, 3.63) is 35.4 Å². The third kappa shape index (κ3) is 7.25. The fourth-order valence-electron chi connectivity index (χ4n) is 2.09. The highest BCUT2D eigenvalue weighted by Crippen LogP contribution is 2.15. The fraction of sp³-hybridized carbons (Fsp3) is 0.526. The lowest BCUT2D eigenvalue weighted by Gasteiger charge is -2.26. The van der Waals surface area contributed by atoms with Crippen molar-refractivity contribution in [1.29, 1.82) is 5.26 Å². The maximum absolute atomic E-state index is 12.2. The second-order valence-electron chi connectivity index (χ2n) is 6.85. The molecule has 25 heavy (non-hydrogen) atoms. The molecule has 1 atom stereocenters. The maximum atomic E-state index is 12.2. The van der Waals surface area contributed by atoms with Gasteiger partial charge in [-0.2, -0.15) is 5.26 Å². The van der Waals surface area contributed by atoms with Gasteiger partial charge in [-0.05, 0) is 44.4 Å². The summed E-state index contributed by atoms with van der Waals surface area (Å²) in [6.07, 6.45) is 0.816. The van der Waals surface area contributed by atoms with Gasteiger partial charge < -0.3 is 15.0 Å². The molecular formula is C19H27N3O3. The predicted octanol–water partition coefficient (Wildman–Crippen LogP) is 2.86. The van der Waals surface area contributed by atoms with Gasteiger partial charge >= 0.3 is 6.09 Å². The Morgan fingerprint density at radius 2 is 1.88 bits per heavy atom. The molecule has 0 unspecified atom stereocenters. The summed E-state index contributed by atoms with van der Waals surface area (Å²) in [6, 6.07) is 8.78. The maximum Gasteiger partial charge on any atom is 0.407 e. The number of nitrogens with one attached hydrogen (secondary N) is 1. The molecule has 0 heterocycles. The van der Waals surface area contributed by atoms with E-state index in [2.05, 4.69) is 11.4 Å². The van der Waals surface area contributed by atoms with Crippen molar-refractivity contribution < 1.29 is 14.3 Å². The van der Waals surface area contributed by atoms with Gasteiger partial charge in [-0.15, -0.1) is 0 Å². The normalized spacial score (nSPS) is 12.0. The van der Waals surface area contributed by atoms with Gasteiger partial charge in [0.25, 0.3) is 0 Å². The van der Waals surface area contributed by atoms with Crippen LogP contribution in [0.2, 0.25) is 0 Å². The Kier molecular flexibility index (Phi) is 7.43. The zero-order valence-electron chi connectivity index (χ0n) is 15.6. The van der Waals surface area contributed by atoms with E-state index in [0.29, 0.717) is 18.4 Å². The Labute approximate surface area is 149 Å². The molecule has 6 nitrogen and oxygen atoms in total. The molecule has 0 aliphatic heterocycles. The number of nitriles is 1. The lowest BCUT2D eigenvalue weighted by atomic mass is 10.0. The number of carbonyl (C=O) groups is 2. The number of hydrogen-bond acceptors (Lipinski definition) is 4. The molecule has 0 fully saturated rings. The number of rotatable bonds is 7. The van der Waals surface area contributed by atoms with Crippen molar-refractivity contribution in [3.8, 4) is 6.07 Å². The zero-order chi connectivity index (χ0) is 19.0. The fourth-order valence-corrected chi connectivity index (χ4v) is 2.09. The zero-order valence-corrected chi connectivity index (χ0v) is 15.6. The highest BCUT2D eigenvalue weighted by molar-refractivity contribution is 5.77. The van der Waals surface area contributed by atoms with Crippen LogP contribution >= 0.6 is 0 Å². The molecule has 2 amide bonds. The summed E-state index contributed by atoms with van der Waals surface area (Å²) in [5, 5.41) is 11.7. The van der Waals surface area contributed by atoms with Crippen LogP contribution in [0.4, 0.5) is 4.79 Å². The van der Waals surface area contributed by atoms with Crippen LogP contribution in [-0.4, -0.2) is 42.6 Å². The van der Waals surface area contributed by atoms with Crippen molar-refractivity contribution in [3.63, 3.8) is 0 Å². The van der Waals surface area contributed by atoms with Gasteiger partial charge in [-0.3, -0.25) is 4.79 Å². The highest BCUT2D eigenvalue weighted by atomic mass is 16.6. The number of nitrogens with zero attached hydrogens (tertiary/aromatic N) is 2. The van der Waals surface area contributed by atoms with Gasteiger partial charge in [-0.1, -0.05) is 19.1 Å². The highest BCUT2D eigenvalue weighted by Gasteiger charge is 2.24. The predicted molar refractivity (Wildman–Crippen MR) is 95.9 cm³/mol. The van der Waals surface area contributed by atoms with Crippen LogP contribution in [0, 0.1) is 11.3 Å². The molecule has 0 aliphatic rings. The van der Waals surface area contributed by atoms with Crippen LogP contribution in [0.5, 0.6) is 0 Å². The topological polar surface area (TPSA) is 82.4 Å². The lowest BCUT2D eigenvalue weighted by molar-refractivity contribution is -0.129. The summed E-state index contributed by atoms with van der Waals surface area (Å²) in [5.41, 5.74) is 0.946. The largest absolute Gasteiger partial charge is 0.444 e. The molecule has 0 spiro atoms. The minimum absolute atomic E-state index is 0.0753. The first-order valence-corrected chi connectivity index (χ1v) is 8.35. The van der Waals surface area contributed by atoms with E-state index in [1.807, 2.05) is 32.9 Å². The van der Waals surface area contributed by atoms with Crippen molar-refractivity contribution in [1.82, 2.24) is 10.2 Å². The number of carbonyl (C=O) groups excluding carboxylic acids is 2. The first-order chi connectivity index (χ1) is 11.7. The third-order valence-corrected chi connectivity index (χ3v) is 4.03. The van der Waals surface area contributed by atoms with Crippen LogP contribution in [0.25, 0.3) is 0 Å². The van der Waals surface area contributed by atoms with E-state index >= 15 is 0 Å². The number of benzene rings is 1. The van der Waals surface area contributed by atoms with E-state index in [4.69, 9.17) is 10.00 Å². The Morgan fingerprint density at radius 1 is 1.28 bits per heavy atom. The molecule has 0 aliphatic carbocycles. The minimum atomic E-state index is -0.561. The van der Waals surface area contributed by atoms with Crippen molar-refractivity contribution in [2.75, 3.05) is 14.1 Å². The lowest BCUT2D eigenvalue weighted by Crippen LogP contribution is -2.43.